The van der Waals surface area contributed by atoms with E-state index in [1.54, 1.807) is 0 Å². The van der Waals surface area contributed by atoms with E-state index in [9.17, 15) is 4.79 Å². The Balaban J connectivity index is 3.34. The van der Waals surface area contributed by atoms with E-state index in [1.165, 1.54) is 7.11 Å². The summed E-state index contributed by atoms with van der Waals surface area (Å²) in [6.45, 7) is 1.94. The molecule has 0 aromatic heterocycles. The lowest BCUT2D eigenvalue weighted by Crippen LogP contribution is -2.23. The molecule has 0 spiro atoms. The zero-order valence-corrected chi connectivity index (χ0v) is 5.89. The Morgan fingerprint density at radius 2 is 2.33 bits per heavy atom. The summed E-state index contributed by atoms with van der Waals surface area (Å²) in [6.07, 6.45) is 1.14. The van der Waals surface area contributed by atoms with Gasteiger partial charge in [-0.3, -0.25) is 4.79 Å². The summed E-state index contributed by atoms with van der Waals surface area (Å²) < 4.78 is 4.40. The summed E-state index contributed by atoms with van der Waals surface area (Å²) in [6, 6.07) is -0.0440. The predicted molar refractivity (Wildman–Crippen MR) is 34.9 cm³/mol. The van der Waals surface area contributed by atoms with Gasteiger partial charge in [0, 0.05) is 6.04 Å². The van der Waals surface area contributed by atoms with Gasteiger partial charge in [0.25, 0.3) is 0 Å². The van der Waals surface area contributed by atoms with Gasteiger partial charge in [0.1, 0.15) is 0 Å². The average molecular weight is 131 g/mol. The van der Waals surface area contributed by atoms with Crippen LogP contribution in [0, 0.1) is 0 Å². The number of nitrogens with two attached hydrogens (primary N) is 1. The molecular formula is C6H13NO2. The number of carbonyl (C=O) groups is 1. The quantitative estimate of drug-likeness (QED) is 0.560. The van der Waals surface area contributed by atoms with Crippen molar-refractivity contribution in [1.82, 2.24) is 0 Å². The predicted octanol–water partition coefficient (Wildman–Crippen LogP) is 0.287. The molecular weight excluding hydrogens is 118 g/mol. The molecule has 3 nitrogen and oxygen atoms in total. The van der Waals surface area contributed by atoms with E-state index < -0.39 is 0 Å². The van der Waals surface area contributed by atoms with Crippen molar-refractivity contribution in [2.24, 2.45) is 5.73 Å². The second-order valence-corrected chi connectivity index (χ2v) is 1.95. The van der Waals surface area contributed by atoms with Crippen molar-refractivity contribution in [3.63, 3.8) is 0 Å². The van der Waals surface area contributed by atoms with E-state index in [-0.39, 0.29) is 12.0 Å². The molecule has 0 saturated heterocycles. The Morgan fingerprint density at radius 3 is 2.67 bits per heavy atom. The lowest BCUT2D eigenvalue weighted by atomic mass is 10.2. The van der Waals surface area contributed by atoms with Crippen LogP contribution < -0.4 is 5.73 Å². The van der Waals surface area contributed by atoms with E-state index in [1.807, 2.05) is 6.92 Å². The first-order chi connectivity index (χ1) is 4.20. The molecule has 1 unspecified atom stereocenters. The largest absolute Gasteiger partial charge is 0.469 e. The zero-order chi connectivity index (χ0) is 7.28. The number of methoxy groups -OCH3 is 1. The van der Waals surface area contributed by atoms with E-state index in [0.29, 0.717) is 6.42 Å². The van der Waals surface area contributed by atoms with Crippen LogP contribution in [0.2, 0.25) is 0 Å². The minimum Gasteiger partial charge on any atom is -0.469 e. The van der Waals surface area contributed by atoms with Gasteiger partial charge in [0.15, 0.2) is 0 Å². The normalized spacial score (nSPS) is 12.8. The fourth-order valence-corrected chi connectivity index (χ4v) is 0.442. The summed E-state index contributed by atoms with van der Waals surface area (Å²) in [5.74, 6) is -0.232. The van der Waals surface area contributed by atoms with Crippen LogP contribution in [0.15, 0.2) is 0 Å². The van der Waals surface area contributed by atoms with Crippen molar-refractivity contribution in [2.75, 3.05) is 7.11 Å². The Hall–Kier alpha value is -0.570. The molecule has 1 atom stereocenters. The highest BCUT2D eigenvalue weighted by Gasteiger charge is 2.05. The third-order valence-corrected chi connectivity index (χ3v) is 1.18. The monoisotopic (exact) mass is 131 g/mol. The van der Waals surface area contributed by atoms with Crippen molar-refractivity contribution in [2.45, 2.75) is 25.8 Å². The molecule has 0 aliphatic carbocycles. The van der Waals surface area contributed by atoms with E-state index in [4.69, 9.17) is 5.73 Å². The fraction of sp³-hybridized carbons (Fsp3) is 0.833. The number of esters is 1. The molecule has 0 aliphatic heterocycles. The molecule has 0 rings (SSSR count). The van der Waals surface area contributed by atoms with Crippen LogP contribution in [-0.2, 0) is 9.53 Å². The third kappa shape index (κ3) is 3.97. The molecule has 0 amide bonds. The topological polar surface area (TPSA) is 52.3 Å². The second-order valence-electron chi connectivity index (χ2n) is 1.95. The minimum absolute atomic E-state index is 0.0440. The lowest BCUT2D eigenvalue weighted by Gasteiger charge is -2.04. The number of carbonyl (C=O) groups excluding carboxylic acids is 1. The van der Waals surface area contributed by atoms with Crippen LogP contribution in [-0.4, -0.2) is 19.1 Å². The van der Waals surface area contributed by atoms with Gasteiger partial charge in [-0.25, -0.2) is 0 Å². The summed E-state index contributed by atoms with van der Waals surface area (Å²) >= 11 is 0. The van der Waals surface area contributed by atoms with E-state index in [2.05, 4.69) is 4.74 Å². The Bertz CT molecular complexity index is 93.1. The van der Waals surface area contributed by atoms with Gasteiger partial charge < -0.3 is 10.5 Å². The maximum atomic E-state index is 10.5. The molecule has 0 saturated carbocycles. The van der Waals surface area contributed by atoms with Crippen LogP contribution in [0.5, 0.6) is 0 Å². The molecule has 0 aliphatic rings. The highest BCUT2D eigenvalue weighted by Crippen LogP contribution is 1.93. The first kappa shape index (κ1) is 8.43. The Labute approximate surface area is 55.2 Å². The van der Waals surface area contributed by atoms with Gasteiger partial charge in [-0.15, -0.1) is 0 Å². The standard InChI is InChI=1S/C6H13NO2/c1-3-5(7)4-6(8)9-2/h5H,3-4,7H2,1-2H3. The SMILES string of the molecule is CCC(N)CC(=O)OC. The van der Waals surface area contributed by atoms with Crippen LogP contribution in [0.25, 0.3) is 0 Å². The van der Waals surface area contributed by atoms with Gasteiger partial charge in [-0.1, -0.05) is 6.92 Å². The maximum Gasteiger partial charge on any atom is 0.307 e. The second kappa shape index (κ2) is 4.32. The summed E-state index contributed by atoms with van der Waals surface area (Å²) in [4.78, 5) is 10.5. The molecule has 3 heteroatoms. The summed E-state index contributed by atoms with van der Waals surface area (Å²) in [5.41, 5.74) is 5.45. The summed E-state index contributed by atoms with van der Waals surface area (Å²) in [7, 11) is 1.37. The Morgan fingerprint density at radius 1 is 1.78 bits per heavy atom. The molecule has 54 valence electrons. The van der Waals surface area contributed by atoms with Crippen molar-refractivity contribution < 1.29 is 9.53 Å². The van der Waals surface area contributed by atoms with Crippen molar-refractivity contribution >= 4 is 5.97 Å². The molecule has 0 fully saturated rings. The maximum absolute atomic E-state index is 10.5. The third-order valence-electron chi connectivity index (χ3n) is 1.18. The molecule has 2 N–H and O–H groups in total. The number of hydrogen-bond donors (Lipinski definition) is 1. The fourth-order valence-electron chi connectivity index (χ4n) is 0.442. The smallest absolute Gasteiger partial charge is 0.307 e. The van der Waals surface area contributed by atoms with Gasteiger partial charge >= 0.3 is 5.97 Å². The first-order valence-corrected chi connectivity index (χ1v) is 3.03. The van der Waals surface area contributed by atoms with E-state index in [0.717, 1.165) is 6.42 Å². The highest BCUT2D eigenvalue weighted by molar-refractivity contribution is 5.69. The van der Waals surface area contributed by atoms with E-state index >= 15 is 0 Å². The highest BCUT2D eigenvalue weighted by atomic mass is 16.5. The van der Waals surface area contributed by atoms with Gasteiger partial charge in [0.2, 0.25) is 0 Å². The summed E-state index contributed by atoms with van der Waals surface area (Å²) in [5, 5.41) is 0. The van der Waals surface area contributed by atoms with Gasteiger partial charge in [-0.2, -0.15) is 0 Å². The molecule has 9 heavy (non-hydrogen) atoms. The van der Waals surface area contributed by atoms with Crippen LogP contribution >= 0.6 is 0 Å². The van der Waals surface area contributed by atoms with Crippen molar-refractivity contribution in [1.29, 1.82) is 0 Å². The van der Waals surface area contributed by atoms with Crippen LogP contribution in [0.4, 0.5) is 0 Å². The van der Waals surface area contributed by atoms with Crippen molar-refractivity contribution in [3.8, 4) is 0 Å². The number of ether oxygens (including phenoxy) is 1. The minimum atomic E-state index is -0.232. The number of hydrogen-bond acceptors (Lipinski definition) is 3. The molecule has 0 heterocycles. The van der Waals surface area contributed by atoms with Crippen LogP contribution in [0.3, 0.4) is 0 Å². The first-order valence-electron chi connectivity index (χ1n) is 3.03. The molecule has 0 radical (unpaired) electrons. The van der Waals surface area contributed by atoms with Gasteiger partial charge in [0.05, 0.1) is 13.5 Å². The molecule has 0 bridgehead atoms. The van der Waals surface area contributed by atoms with Crippen LogP contribution in [0.1, 0.15) is 19.8 Å². The lowest BCUT2D eigenvalue weighted by molar-refractivity contribution is -0.141. The molecule has 0 aromatic carbocycles. The zero-order valence-electron chi connectivity index (χ0n) is 5.89. The average Bonchev–Trinajstić information content (AvgIpc) is 1.87. The molecule has 0 aromatic rings. The Kier molecular flexibility index (Phi) is 4.05. The number of rotatable bonds is 3. The van der Waals surface area contributed by atoms with Crippen molar-refractivity contribution in [3.05, 3.63) is 0 Å². The van der Waals surface area contributed by atoms with Gasteiger partial charge in [-0.05, 0) is 6.42 Å².